The minimum absolute atomic E-state index is 0.176. The standard InChI is InChI=1S/C26H25N5O20S6/c1-50-21-6-2-15(54(38,39)40)11-19(21)28-31-25-23(56(44,45)46)12-17-16(26(25)32)4-5-18(27-13-53(35,36)37)24(17)30-29-20-10-14(3-7-22(20)55(41,42)43)52(33,34)9-8-51-57(47,48)49/h2-7,10-12,27,32H,8-9,13H2,1H3,(H,35,36,37)(H,38,39,40)(H,41,42,43)(H,44,45,46)(H,47,48,49)/b30-29+,31-28+. The Balaban J connectivity index is 2.01. The summed E-state index contributed by atoms with van der Waals surface area (Å²) in [4.78, 5) is -3.82. The molecule has 0 fully saturated rings. The number of methoxy groups -OCH3 is 1. The van der Waals surface area contributed by atoms with Crippen LogP contribution in [0.5, 0.6) is 11.5 Å². The van der Waals surface area contributed by atoms with Gasteiger partial charge < -0.3 is 15.2 Å². The molecule has 0 radical (unpaired) electrons. The number of phenols is 1. The molecule has 310 valence electrons. The number of fused-ring (bicyclic) bond motifs is 1. The Morgan fingerprint density at radius 1 is 0.614 bits per heavy atom. The number of ether oxygens (including phenoxy) is 1. The zero-order chi connectivity index (χ0) is 42.9. The number of benzene rings is 4. The third-order valence-electron chi connectivity index (χ3n) is 7.04. The molecule has 0 amide bonds. The van der Waals surface area contributed by atoms with Crippen molar-refractivity contribution in [2.24, 2.45) is 20.5 Å². The molecule has 0 saturated heterocycles. The Bertz CT molecular complexity index is 3030. The van der Waals surface area contributed by atoms with Crippen LogP contribution in [0.25, 0.3) is 10.8 Å². The molecule has 4 aromatic carbocycles. The number of phenolic OH excluding ortho intramolecular Hbond substituents is 1. The van der Waals surface area contributed by atoms with Gasteiger partial charge in [0.05, 0.1) is 34.9 Å². The largest absolute Gasteiger partial charge is 0.505 e. The molecule has 57 heavy (non-hydrogen) atoms. The zero-order valence-electron chi connectivity index (χ0n) is 28.0. The van der Waals surface area contributed by atoms with Gasteiger partial charge in [0.25, 0.3) is 40.5 Å². The Kier molecular flexibility index (Phi) is 12.8. The number of sulfone groups is 1. The summed E-state index contributed by atoms with van der Waals surface area (Å²) < 4.78 is 200. The van der Waals surface area contributed by atoms with E-state index >= 15 is 0 Å². The van der Waals surface area contributed by atoms with Crippen LogP contribution in [0.15, 0.2) is 94.6 Å². The van der Waals surface area contributed by atoms with Gasteiger partial charge in [-0.2, -0.15) is 42.1 Å². The van der Waals surface area contributed by atoms with E-state index < -0.39 is 143 Å². The number of azo groups is 2. The van der Waals surface area contributed by atoms with Gasteiger partial charge in [0.15, 0.2) is 15.6 Å². The second-order valence-corrected chi connectivity index (χ2v) is 19.7. The molecule has 4 aromatic rings. The second-order valence-electron chi connectivity index (χ2n) is 10.9. The van der Waals surface area contributed by atoms with Crippen molar-refractivity contribution in [2.75, 3.05) is 30.7 Å². The fraction of sp³-hybridized carbons (Fsp3) is 0.154. The van der Waals surface area contributed by atoms with E-state index in [0.29, 0.717) is 24.3 Å². The van der Waals surface area contributed by atoms with Gasteiger partial charge in [0.1, 0.15) is 44.2 Å². The number of rotatable bonds is 16. The number of hydrogen-bond acceptors (Lipinski definition) is 20. The fourth-order valence-corrected chi connectivity index (χ4v) is 8.18. The molecule has 0 unspecified atom stereocenters. The molecule has 0 atom stereocenters. The summed E-state index contributed by atoms with van der Waals surface area (Å²) in [7, 11) is -28.8. The van der Waals surface area contributed by atoms with Crippen LogP contribution in [-0.4, -0.2) is 104 Å². The van der Waals surface area contributed by atoms with Crippen molar-refractivity contribution in [3.63, 3.8) is 0 Å². The summed E-state index contributed by atoms with van der Waals surface area (Å²) in [5.41, 5.74) is -3.59. The van der Waals surface area contributed by atoms with Crippen molar-refractivity contribution >= 4 is 99.9 Å². The van der Waals surface area contributed by atoms with Gasteiger partial charge in [0, 0.05) is 10.8 Å². The van der Waals surface area contributed by atoms with E-state index in [1.54, 1.807) is 0 Å². The number of nitrogens with zero attached hydrogens (tertiary/aromatic N) is 4. The maximum absolute atomic E-state index is 12.9. The third-order valence-corrected chi connectivity index (χ3v) is 12.3. The molecule has 7 N–H and O–H groups in total. The molecule has 0 aliphatic heterocycles. The molecule has 4 rings (SSSR count). The smallest absolute Gasteiger partial charge is 0.397 e. The highest BCUT2D eigenvalue weighted by Crippen LogP contribution is 2.47. The van der Waals surface area contributed by atoms with E-state index in [2.05, 4.69) is 30.0 Å². The number of anilines is 1. The lowest BCUT2D eigenvalue weighted by molar-refractivity contribution is 0.284. The fourth-order valence-electron chi connectivity index (χ4n) is 4.59. The Morgan fingerprint density at radius 2 is 1.19 bits per heavy atom. The monoisotopic (exact) mass is 919 g/mol. The van der Waals surface area contributed by atoms with Gasteiger partial charge in [-0.05, 0) is 54.6 Å². The van der Waals surface area contributed by atoms with Crippen LogP contribution in [0.1, 0.15) is 0 Å². The van der Waals surface area contributed by atoms with Crippen LogP contribution < -0.4 is 10.1 Å². The minimum Gasteiger partial charge on any atom is -0.505 e. The molecule has 0 aromatic heterocycles. The maximum Gasteiger partial charge on any atom is 0.397 e. The van der Waals surface area contributed by atoms with Crippen molar-refractivity contribution in [1.29, 1.82) is 0 Å². The molecule has 0 spiro atoms. The molecule has 0 aliphatic rings. The highest BCUT2D eigenvalue weighted by atomic mass is 32.3. The number of nitrogens with one attached hydrogen (secondary N) is 1. The van der Waals surface area contributed by atoms with Crippen molar-refractivity contribution in [3.05, 3.63) is 54.6 Å². The van der Waals surface area contributed by atoms with Crippen LogP contribution in [0.4, 0.5) is 28.4 Å². The summed E-state index contributed by atoms with van der Waals surface area (Å²) in [5.74, 6) is -3.66. The lowest BCUT2D eigenvalue weighted by atomic mass is 10.1. The van der Waals surface area contributed by atoms with Crippen LogP contribution in [-0.2, 0) is 64.9 Å². The first-order valence-electron chi connectivity index (χ1n) is 14.5. The summed E-state index contributed by atoms with van der Waals surface area (Å²) in [5, 5.41) is 27.2. The molecule has 0 bridgehead atoms. The molecular weight excluding hydrogens is 895 g/mol. The van der Waals surface area contributed by atoms with Gasteiger partial charge in [-0.3, -0.25) is 22.8 Å². The Labute approximate surface area is 322 Å². The average molecular weight is 920 g/mol. The molecule has 0 saturated carbocycles. The number of hydrogen-bond donors (Lipinski definition) is 7. The van der Waals surface area contributed by atoms with E-state index in [0.717, 1.165) is 37.4 Å². The lowest BCUT2D eigenvalue weighted by Crippen LogP contribution is -2.15. The van der Waals surface area contributed by atoms with Crippen molar-refractivity contribution in [3.8, 4) is 11.5 Å². The predicted octanol–water partition coefficient (Wildman–Crippen LogP) is 2.98. The topological polar surface area (TPSA) is 406 Å². The van der Waals surface area contributed by atoms with Gasteiger partial charge in [-0.1, -0.05) is 0 Å². The summed E-state index contributed by atoms with van der Waals surface area (Å²) in [6.45, 7) is -1.11. The van der Waals surface area contributed by atoms with Crippen LogP contribution in [0.3, 0.4) is 0 Å². The molecule has 0 aliphatic carbocycles. The molecular formula is C26H25N5O20S6. The van der Waals surface area contributed by atoms with E-state index in [1.807, 2.05) is 0 Å². The second kappa shape index (κ2) is 16.2. The highest BCUT2D eigenvalue weighted by molar-refractivity contribution is 7.91. The summed E-state index contributed by atoms with van der Waals surface area (Å²) >= 11 is 0. The first-order valence-corrected chi connectivity index (χ1v) is 23.4. The lowest BCUT2D eigenvalue weighted by Gasteiger charge is -2.14. The Morgan fingerprint density at radius 3 is 1.75 bits per heavy atom. The number of aromatic hydroxyl groups is 1. The summed E-state index contributed by atoms with van der Waals surface area (Å²) in [6.07, 6.45) is 0. The quantitative estimate of drug-likeness (QED) is 0.0627. The molecule has 31 heteroatoms. The first kappa shape index (κ1) is 44.9. The van der Waals surface area contributed by atoms with Gasteiger partial charge in [-0.15, -0.1) is 20.5 Å². The van der Waals surface area contributed by atoms with Crippen molar-refractivity contribution < 1.29 is 87.3 Å². The van der Waals surface area contributed by atoms with E-state index in [4.69, 9.17) is 9.29 Å². The van der Waals surface area contributed by atoms with E-state index in [9.17, 15) is 73.8 Å². The van der Waals surface area contributed by atoms with E-state index in [1.165, 1.54) is 0 Å². The highest BCUT2D eigenvalue weighted by Gasteiger charge is 2.26. The van der Waals surface area contributed by atoms with Crippen LogP contribution in [0.2, 0.25) is 0 Å². The molecule has 25 nitrogen and oxygen atoms in total. The minimum atomic E-state index is -5.45. The normalized spacial score (nSPS) is 13.4. The van der Waals surface area contributed by atoms with Gasteiger partial charge >= 0.3 is 10.4 Å². The SMILES string of the molecule is COc1ccc(S(=O)(=O)O)cc1/N=N/c1c(S(=O)(=O)O)cc2c(/N=N/c3cc(S(=O)(=O)CCOS(=O)(=O)O)ccc3S(=O)(=O)O)c(NCS(=O)(=O)O)ccc2c1O. The van der Waals surface area contributed by atoms with Crippen LogP contribution in [0, 0.1) is 0 Å². The molecule has 0 heterocycles. The maximum atomic E-state index is 12.9. The first-order chi connectivity index (χ1) is 26.0. The third kappa shape index (κ3) is 11.4. The Hall–Kier alpha value is -4.80. The van der Waals surface area contributed by atoms with Crippen molar-refractivity contribution in [2.45, 2.75) is 19.6 Å². The van der Waals surface area contributed by atoms with Crippen LogP contribution >= 0.6 is 0 Å². The van der Waals surface area contributed by atoms with Gasteiger partial charge in [-0.25, -0.2) is 12.6 Å². The predicted molar refractivity (Wildman–Crippen MR) is 192 cm³/mol. The average Bonchev–Trinajstić information content (AvgIpc) is 3.06. The van der Waals surface area contributed by atoms with Crippen molar-refractivity contribution in [1.82, 2.24) is 0 Å². The zero-order valence-corrected chi connectivity index (χ0v) is 32.9. The van der Waals surface area contributed by atoms with E-state index in [-0.39, 0.29) is 5.75 Å². The summed E-state index contributed by atoms with van der Waals surface area (Å²) in [6, 6.07) is 6.98. The van der Waals surface area contributed by atoms with Gasteiger partial charge in [0.2, 0.25) is 0 Å².